The van der Waals surface area contributed by atoms with Gasteiger partial charge in [-0.05, 0) is 55.2 Å². The second kappa shape index (κ2) is 8.61. The van der Waals surface area contributed by atoms with Gasteiger partial charge in [0.25, 0.3) is 5.91 Å². The fourth-order valence-electron chi connectivity index (χ4n) is 3.24. The average Bonchev–Trinajstić information content (AvgIpc) is 2.72. The zero-order valence-electron chi connectivity index (χ0n) is 15.5. The molecule has 1 amide bonds. The van der Waals surface area contributed by atoms with Crippen LogP contribution < -0.4 is 19.7 Å². The summed E-state index contributed by atoms with van der Waals surface area (Å²) in [6.45, 7) is 2.76. The number of amides is 1. The van der Waals surface area contributed by atoms with Crippen LogP contribution in [-0.2, 0) is 6.54 Å². The molecule has 3 rings (SSSR count). The van der Waals surface area contributed by atoms with E-state index < -0.39 is 0 Å². The van der Waals surface area contributed by atoms with E-state index in [0.717, 1.165) is 18.7 Å². The molecule has 0 aromatic heterocycles. The standard InChI is InChI=1S/C21H26N2O3/c1-25-19-11-8-17(14-20(19)26-2)21(24)22-15-16-6-9-18(10-7-16)23-12-4-3-5-13-23/h6-11,14H,3-5,12-13,15H2,1-2H3,(H,22,24). The number of benzene rings is 2. The number of hydrogen-bond acceptors (Lipinski definition) is 4. The quantitative estimate of drug-likeness (QED) is 0.861. The molecular formula is C21H26N2O3. The van der Waals surface area contributed by atoms with Gasteiger partial charge in [0, 0.05) is 30.9 Å². The third-order valence-corrected chi connectivity index (χ3v) is 4.76. The molecule has 1 fully saturated rings. The molecule has 2 aromatic carbocycles. The van der Waals surface area contributed by atoms with Crippen LogP contribution in [0.1, 0.15) is 35.2 Å². The van der Waals surface area contributed by atoms with E-state index in [1.807, 2.05) is 0 Å². The van der Waals surface area contributed by atoms with Crippen LogP contribution in [0.3, 0.4) is 0 Å². The highest BCUT2D eigenvalue weighted by molar-refractivity contribution is 5.94. The lowest BCUT2D eigenvalue weighted by atomic mass is 10.1. The first kappa shape index (κ1) is 18.1. The average molecular weight is 354 g/mol. The topological polar surface area (TPSA) is 50.8 Å². The monoisotopic (exact) mass is 354 g/mol. The van der Waals surface area contributed by atoms with Crippen molar-refractivity contribution < 1.29 is 14.3 Å². The van der Waals surface area contributed by atoms with Gasteiger partial charge >= 0.3 is 0 Å². The third kappa shape index (κ3) is 4.28. The molecule has 1 heterocycles. The van der Waals surface area contributed by atoms with Crippen molar-refractivity contribution in [2.45, 2.75) is 25.8 Å². The van der Waals surface area contributed by atoms with Crippen LogP contribution in [0.15, 0.2) is 42.5 Å². The van der Waals surface area contributed by atoms with E-state index in [4.69, 9.17) is 9.47 Å². The minimum absolute atomic E-state index is 0.133. The number of methoxy groups -OCH3 is 2. The predicted octanol–water partition coefficient (Wildman–Crippen LogP) is 3.62. The normalized spacial score (nSPS) is 14.0. The van der Waals surface area contributed by atoms with Gasteiger partial charge in [-0.3, -0.25) is 4.79 Å². The summed E-state index contributed by atoms with van der Waals surface area (Å²) < 4.78 is 10.5. The molecule has 2 aromatic rings. The molecule has 138 valence electrons. The molecule has 5 nitrogen and oxygen atoms in total. The first-order valence-electron chi connectivity index (χ1n) is 9.05. The van der Waals surface area contributed by atoms with Crippen LogP contribution >= 0.6 is 0 Å². The maximum Gasteiger partial charge on any atom is 0.251 e. The van der Waals surface area contributed by atoms with Crippen LogP contribution in [0.5, 0.6) is 11.5 Å². The second-order valence-electron chi connectivity index (χ2n) is 6.47. The van der Waals surface area contributed by atoms with Gasteiger partial charge in [-0.2, -0.15) is 0 Å². The van der Waals surface area contributed by atoms with Gasteiger partial charge in [-0.25, -0.2) is 0 Å². The minimum atomic E-state index is -0.133. The van der Waals surface area contributed by atoms with Gasteiger partial charge < -0.3 is 19.7 Å². The van der Waals surface area contributed by atoms with Crippen LogP contribution in [0.4, 0.5) is 5.69 Å². The zero-order chi connectivity index (χ0) is 18.4. The first-order valence-corrected chi connectivity index (χ1v) is 9.05. The molecule has 1 aliphatic heterocycles. The molecular weight excluding hydrogens is 328 g/mol. The van der Waals surface area contributed by atoms with Crippen molar-refractivity contribution in [1.82, 2.24) is 5.32 Å². The molecule has 1 aliphatic rings. The number of nitrogens with zero attached hydrogens (tertiary/aromatic N) is 1. The number of hydrogen-bond donors (Lipinski definition) is 1. The maximum atomic E-state index is 12.4. The Morgan fingerprint density at radius 3 is 2.31 bits per heavy atom. The number of rotatable bonds is 6. The SMILES string of the molecule is COc1ccc(C(=O)NCc2ccc(N3CCCCC3)cc2)cc1OC. The molecule has 0 saturated carbocycles. The highest BCUT2D eigenvalue weighted by Gasteiger charge is 2.12. The Bertz CT molecular complexity index is 737. The van der Waals surface area contributed by atoms with Crippen molar-refractivity contribution in [2.24, 2.45) is 0 Å². The van der Waals surface area contributed by atoms with Gasteiger partial charge in [0.05, 0.1) is 14.2 Å². The maximum absolute atomic E-state index is 12.4. The largest absolute Gasteiger partial charge is 0.493 e. The molecule has 0 unspecified atom stereocenters. The summed E-state index contributed by atoms with van der Waals surface area (Å²) in [4.78, 5) is 14.8. The van der Waals surface area contributed by atoms with E-state index in [1.165, 1.54) is 24.9 Å². The van der Waals surface area contributed by atoms with E-state index in [0.29, 0.717) is 23.6 Å². The van der Waals surface area contributed by atoms with Crippen molar-refractivity contribution in [3.63, 3.8) is 0 Å². The fraction of sp³-hybridized carbons (Fsp3) is 0.381. The summed E-state index contributed by atoms with van der Waals surface area (Å²) in [6.07, 6.45) is 3.86. The molecule has 26 heavy (non-hydrogen) atoms. The fourth-order valence-corrected chi connectivity index (χ4v) is 3.24. The van der Waals surface area contributed by atoms with Crippen molar-refractivity contribution in [2.75, 3.05) is 32.2 Å². The molecule has 0 bridgehead atoms. The summed E-state index contributed by atoms with van der Waals surface area (Å²) in [7, 11) is 3.13. The number of piperidine rings is 1. The molecule has 0 atom stereocenters. The highest BCUT2D eigenvalue weighted by atomic mass is 16.5. The van der Waals surface area contributed by atoms with Crippen LogP contribution in [0, 0.1) is 0 Å². The lowest BCUT2D eigenvalue weighted by Crippen LogP contribution is -2.29. The Labute approximate surface area is 154 Å². The van der Waals surface area contributed by atoms with Crippen LogP contribution in [0.25, 0.3) is 0 Å². The van der Waals surface area contributed by atoms with Crippen molar-refractivity contribution in [3.05, 3.63) is 53.6 Å². The lowest BCUT2D eigenvalue weighted by molar-refractivity contribution is 0.0950. The molecule has 0 radical (unpaired) electrons. The summed E-state index contributed by atoms with van der Waals surface area (Å²) in [6, 6.07) is 13.6. The van der Waals surface area contributed by atoms with E-state index in [9.17, 15) is 4.79 Å². The van der Waals surface area contributed by atoms with Crippen molar-refractivity contribution >= 4 is 11.6 Å². The van der Waals surface area contributed by atoms with Crippen LogP contribution in [0.2, 0.25) is 0 Å². The number of carbonyl (C=O) groups is 1. The van der Waals surface area contributed by atoms with E-state index in [1.54, 1.807) is 32.4 Å². The van der Waals surface area contributed by atoms with Crippen molar-refractivity contribution in [1.29, 1.82) is 0 Å². The van der Waals surface area contributed by atoms with Gasteiger partial charge in [0.15, 0.2) is 11.5 Å². The number of carbonyl (C=O) groups excluding carboxylic acids is 1. The van der Waals surface area contributed by atoms with E-state index in [2.05, 4.69) is 34.5 Å². The number of ether oxygens (including phenoxy) is 2. The van der Waals surface area contributed by atoms with Gasteiger partial charge in [-0.15, -0.1) is 0 Å². The molecule has 1 saturated heterocycles. The first-order chi connectivity index (χ1) is 12.7. The number of anilines is 1. The second-order valence-corrected chi connectivity index (χ2v) is 6.47. The lowest BCUT2D eigenvalue weighted by Gasteiger charge is -2.28. The number of nitrogens with one attached hydrogen (secondary N) is 1. The predicted molar refractivity (Wildman–Crippen MR) is 103 cm³/mol. The van der Waals surface area contributed by atoms with Gasteiger partial charge in [0.2, 0.25) is 0 Å². The minimum Gasteiger partial charge on any atom is -0.493 e. The van der Waals surface area contributed by atoms with E-state index in [-0.39, 0.29) is 5.91 Å². The molecule has 5 heteroatoms. The summed E-state index contributed by atoms with van der Waals surface area (Å²) in [5, 5.41) is 2.95. The highest BCUT2D eigenvalue weighted by Crippen LogP contribution is 2.27. The Kier molecular flexibility index (Phi) is 6.00. The van der Waals surface area contributed by atoms with Crippen LogP contribution in [-0.4, -0.2) is 33.2 Å². The molecule has 0 aliphatic carbocycles. The Balaban J connectivity index is 1.59. The molecule has 0 spiro atoms. The summed E-state index contributed by atoms with van der Waals surface area (Å²) >= 11 is 0. The summed E-state index contributed by atoms with van der Waals surface area (Å²) in [5.74, 6) is 1.02. The Morgan fingerprint density at radius 1 is 0.962 bits per heavy atom. The molecule has 1 N–H and O–H groups in total. The van der Waals surface area contributed by atoms with Gasteiger partial charge in [0.1, 0.15) is 0 Å². The third-order valence-electron chi connectivity index (χ3n) is 4.76. The smallest absolute Gasteiger partial charge is 0.251 e. The zero-order valence-corrected chi connectivity index (χ0v) is 15.5. The summed E-state index contributed by atoms with van der Waals surface area (Å²) in [5.41, 5.74) is 2.90. The van der Waals surface area contributed by atoms with Gasteiger partial charge in [-0.1, -0.05) is 12.1 Å². The van der Waals surface area contributed by atoms with Crippen molar-refractivity contribution in [3.8, 4) is 11.5 Å². The Morgan fingerprint density at radius 2 is 1.65 bits per heavy atom. The van der Waals surface area contributed by atoms with E-state index >= 15 is 0 Å². The Hall–Kier alpha value is -2.69.